The number of anilines is 1. The molecule has 1 N–H and O–H groups in total. The van der Waals surface area contributed by atoms with E-state index in [1.165, 1.54) is 7.11 Å². The Morgan fingerprint density at radius 2 is 2.16 bits per heavy atom. The topological polar surface area (TPSA) is 92.6 Å². The van der Waals surface area contributed by atoms with Gasteiger partial charge in [-0.2, -0.15) is 0 Å². The Labute approximate surface area is 110 Å². The third-order valence-corrected chi connectivity index (χ3v) is 2.80. The van der Waals surface area contributed by atoms with Crippen molar-refractivity contribution in [1.29, 1.82) is 0 Å². The van der Waals surface area contributed by atoms with Gasteiger partial charge in [-0.05, 0) is 19.8 Å². The summed E-state index contributed by atoms with van der Waals surface area (Å²) in [6.07, 6.45) is 1.87. The fraction of sp³-hybridized carbons (Fsp3) is 0.500. The zero-order valence-corrected chi connectivity index (χ0v) is 10.8. The van der Waals surface area contributed by atoms with Gasteiger partial charge >= 0.3 is 11.9 Å². The van der Waals surface area contributed by atoms with E-state index >= 15 is 0 Å². The van der Waals surface area contributed by atoms with Gasteiger partial charge in [-0.25, -0.2) is 14.8 Å². The molecule has 0 bridgehead atoms. The highest BCUT2D eigenvalue weighted by Crippen LogP contribution is 2.30. The summed E-state index contributed by atoms with van der Waals surface area (Å²) in [4.78, 5) is 32.1. The van der Waals surface area contributed by atoms with Crippen molar-refractivity contribution in [2.75, 3.05) is 18.6 Å². The first kappa shape index (κ1) is 13.3. The van der Waals surface area contributed by atoms with E-state index in [0.29, 0.717) is 11.5 Å². The molecule has 1 aromatic heterocycles. The maximum Gasteiger partial charge on any atom is 0.376 e. The quantitative estimate of drug-likeness (QED) is 0.780. The SMILES string of the molecule is COC(=O)c1nc(C)cc(N(CC(=O)O)C2CC2)n1. The molecule has 0 aromatic carbocycles. The molecule has 102 valence electrons. The highest BCUT2D eigenvalue weighted by molar-refractivity contribution is 5.85. The fourth-order valence-corrected chi connectivity index (χ4v) is 1.81. The summed E-state index contributed by atoms with van der Waals surface area (Å²) in [5.74, 6) is -1.15. The average Bonchev–Trinajstić information content (AvgIpc) is 3.18. The molecule has 0 atom stereocenters. The molecule has 0 unspecified atom stereocenters. The number of aliphatic carboxylic acids is 1. The Hall–Kier alpha value is -2.18. The maximum absolute atomic E-state index is 11.5. The van der Waals surface area contributed by atoms with Crippen LogP contribution in [0, 0.1) is 6.92 Å². The van der Waals surface area contributed by atoms with Gasteiger partial charge in [0.2, 0.25) is 5.82 Å². The van der Waals surface area contributed by atoms with Crippen LogP contribution < -0.4 is 4.90 Å². The van der Waals surface area contributed by atoms with Gasteiger partial charge in [-0.15, -0.1) is 0 Å². The number of carboxylic acids is 1. The van der Waals surface area contributed by atoms with Gasteiger partial charge in [0, 0.05) is 17.8 Å². The van der Waals surface area contributed by atoms with Crippen molar-refractivity contribution < 1.29 is 19.4 Å². The standard InChI is InChI=1S/C12H15N3O4/c1-7-5-9(14-11(13-7)12(18)19-2)15(6-10(16)17)8-3-4-8/h5,8H,3-4,6H2,1-2H3,(H,16,17). The summed E-state index contributed by atoms with van der Waals surface area (Å²) in [7, 11) is 1.25. The Kier molecular flexibility index (Phi) is 3.64. The summed E-state index contributed by atoms with van der Waals surface area (Å²) in [5.41, 5.74) is 0.599. The first-order chi connectivity index (χ1) is 9.01. The first-order valence-electron chi connectivity index (χ1n) is 5.93. The lowest BCUT2D eigenvalue weighted by molar-refractivity contribution is -0.135. The number of carbonyl (C=O) groups is 2. The molecule has 1 aliphatic carbocycles. The minimum absolute atomic E-state index is 0.0476. The van der Waals surface area contributed by atoms with Crippen molar-refractivity contribution >= 4 is 17.8 Å². The molecule has 0 aliphatic heterocycles. The number of aromatic nitrogens is 2. The van der Waals surface area contributed by atoms with E-state index in [2.05, 4.69) is 14.7 Å². The van der Waals surface area contributed by atoms with Crippen LogP contribution in [-0.2, 0) is 9.53 Å². The molecule has 2 rings (SSSR count). The molecule has 0 spiro atoms. The molecule has 1 fully saturated rings. The van der Waals surface area contributed by atoms with Crippen molar-refractivity contribution in [3.8, 4) is 0 Å². The molecule has 1 aromatic rings. The van der Waals surface area contributed by atoms with Crippen LogP contribution in [0.15, 0.2) is 6.07 Å². The molecule has 1 heterocycles. The van der Waals surface area contributed by atoms with Gasteiger partial charge in [0.25, 0.3) is 0 Å². The minimum atomic E-state index is -0.928. The Morgan fingerprint density at radius 3 is 2.68 bits per heavy atom. The van der Waals surface area contributed by atoms with Crippen LogP contribution in [-0.4, -0.2) is 46.7 Å². The van der Waals surface area contributed by atoms with Crippen LogP contribution in [0.5, 0.6) is 0 Å². The monoisotopic (exact) mass is 265 g/mol. The van der Waals surface area contributed by atoms with E-state index in [1.54, 1.807) is 17.9 Å². The molecule has 0 radical (unpaired) electrons. The lowest BCUT2D eigenvalue weighted by Crippen LogP contribution is -2.33. The second-order valence-corrected chi connectivity index (χ2v) is 4.44. The summed E-state index contributed by atoms with van der Waals surface area (Å²) in [6, 6.07) is 1.85. The molecular weight excluding hydrogens is 250 g/mol. The molecule has 0 amide bonds. The van der Waals surface area contributed by atoms with Gasteiger partial charge in [-0.3, -0.25) is 4.79 Å². The van der Waals surface area contributed by atoms with Gasteiger partial charge in [-0.1, -0.05) is 0 Å². The van der Waals surface area contributed by atoms with Gasteiger partial charge in [0.1, 0.15) is 12.4 Å². The Morgan fingerprint density at radius 1 is 1.47 bits per heavy atom. The molecular formula is C12H15N3O4. The second-order valence-electron chi connectivity index (χ2n) is 4.44. The van der Waals surface area contributed by atoms with E-state index in [1.807, 2.05) is 0 Å². The summed E-state index contributed by atoms with van der Waals surface area (Å²) in [5, 5.41) is 8.94. The number of methoxy groups -OCH3 is 1. The van der Waals surface area contributed by atoms with Crippen molar-refractivity contribution in [2.24, 2.45) is 0 Å². The zero-order valence-electron chi connectivity index (χ0n) is 10.8. The van der Waals surface area contributed by atoms with Crippen molar-refractivity contribution in [2.45, 2.75) is 25.8 Å². The summed E-state index contributed by atoms with van der Waals surface area (Å²) in [6.45, 7) is 1.59. The summed E-state index contributed by atoms with van der Waals surface area (Å²) >= 11 is 0. The predicted molar refractivity (Wildman–Crippen MR) is 66.1 cm³/mol. The molecule has 1 aliphatic rings. The highest BCUT2D eigenvalue weighted by Gasteiger charge is 2.32. The Balaban J connectivity index is 2.33. The minimum Gasteiger partial charge on any atom is -0.480 e. The fourth-order valence-electron chi connectivity index (χ4n) is 1.81. The molecule has 1 saturated carbocycles. The van der Waals surface area contributed by atoms with Crippen molar-refractivity contribution in [1.82, 2.24) is 9.97 Å². The Bertz CT molecular complexity index is 514. The number of hydrogen-bond donors (Lipinski definition) is 1. The van der Waals surface area contributed by atoms with Crippen LogP contribution in [0.2, 0.25) is 0 Å². The van der Waals surface area contributed by atoms with Crippen LogP contribution in [0.4, 0.5) is 5.82 Å². The smallest absolute Gasteiger partial charge is 0.376 e. The highest BCUT2D eigenvalue weighted by atomic mass is 16.5. The lowest BCUT2D eigenvalue weighted by Gasteiger charge is -2.21. The van der Waals surface area contributed by atoms with E-state index in [9.17, 15) is 9.59 Å². The molecule has 19 heavy (non-hydrogen) atoms. The maximum atomic E-state index is 11.5. The van der Waals surface area contributed by atoms with E-state index in [0.717, 1.165) is 12.8 Å². The van der Waals surface area contributed by atoms with Crippen LogP contribution in [0.25, 0.3) is 0 Å². The average molecular weight is 265 g/mol. The van der Waals surface area contributed by atoms with E-state index in [4.69, 9.17) is 5.11 Å². The number of carboxylic acid groups (broad SMARTS) is 1. The summed E-state index contributed by atoms with van der Waals surface area (Å²) < 4.78 is 4.58. The molecule has 7 heteroatoms. The van der Waals surface area contributed by atoms with Gasteiger partial charge in [0.05, 0.1) is 7.11 Å². The van der Waals surface area contributed by atoms with Crippen molar-refractivity contribution in [3.63, 3.8) is 0 Å². The third kappa shape index (κ3) is 3.18. The van der Waals surface area contributed by atoms with Gasteiger partial charge in [0.15, 0.2) is 0 Å². The number of rotatable bonds is 5. The third-order valence-electron chi connectivity index (χ3n) is 2.80. The van der Waals surface area contributed by atoms with E-state index in [-0.39, 0.29) is 18.4 Å². The number of carbonyl (C=O) groups excluding carboxylic acids is 1. The molecule has 7 nitrogen and oxygen atoms in total. The lowest BCUT2D eigenvalue weighted by atomic mass is 10.3. The molecule has 0 saturated heterocycles. The predicted octanol–water partition coefficient (Wildman–Crippen LogP) is 0.625. The number of hydrogen-bond acceptors (Lipinski definition) is 6. The number of nitrogens with zero attached hydrogens (tertiary/aromatic N) is 3. The normalized spacial score (nSPS) is 14.0. The zero-order chi connectivity index (χ0) is 14.0. The van der Waals surface area contributed by atoms with Crippen LogP contribution >= 0.6 is 0 Å². The largest absolute Gasteiger partial charge is 0.480 e. The van der Waals surface area contributed by atoms with Crippen LogP contribution in [0.3, 0.4) is 0 Å². The second kappa shape index (κ2) is 5.21. The van der Waals surface area contributed by atoms with E-state index < -0.39 is 11.9 Å². The van der Waals surface area contributed by atoms with Crippen molar-refractivity contribution in [3.05, 3.63) is 17.6 Å². The van der Waals surface area contributed by atoms with Crippen LogP contribution in [0.1, 0.15) is 29.2 Å². The van der Waals surface area contributed by atoms with Gasteiger partial charge < -0.3 is 14.7 Å². The number of ether oxygens (including phenoxy) is 1. The number of esters is 1. The number of aryl methyl sites for hydroxylation is 1. The first-order valence-corrected chi connectivity index (χ1v) is 5.93.